The molecule has 3 heteroatoms. The van der Waals surface area contributed by atoms with Gasteiger partial charge < -0.3 is 9.78 Å². The molecule has 3 nitrogen and oxygen atoms in total. The van der Waals surface area contributed by atoms with Crippen LogP contribution in [0.3, 0.4) is 0 Å². The van der Waals surface area contributed by atoms with Crippen LogP contribution in [0.1, 0.15) is 51.1 Å². The largest absolute Gasteiger partial charge is 0.357 e. The minimum absolute atomic E-state index is 0.401. The molecule has 0 bridgehead atoms. The highest BCUT2D eigenvalue weighted by Gasteiger charge is 2.29. The second kappa shape index (κ2) is 6.00. The van der Waals surface area contributed by atoms with Crippen molar-refractivity contribution in [2.24, 2.45) is 11.3 Å². The van der Waals surface area contributed by atoms with Crippen LogP contribution in [0.4, 0.5) is 0 Å². The lowest BCUT2D eigenvalue weighted by molar-refractivity contribution is -0.106. The van der Waals surface area contributed by atoms with Gasteiger partial charge in [-0.15, -0.1) is 0 Å². The number of nitrogens with zero attached hydrogens (tertiary/aromatic N) is 1. The van der Waals surface area contributed by atoms with E-state index in [-0.39, 0.29) is 0 Å². The second-order valence-electron chi connectivity index (χ2n) is 7.02. The molecule has 2 aromatic rings. The maximum absolute atomic E-state index is 8.81. The van der Waals surface area contributed by atoms with Gasteiger partial charge in [0.15, 0.2) is 0 Å². The zero-order valence-electron chi connectivity index (χ0n) is 13.8. The van der Waals surface area contributed by atoms with Gasteiger partial charge in [0.2, 0.25) is 0 Å². The Balaban J connectivity index is 0.000000497. The first kappa shape index (κ1) is 15.7. The summed E-state index contributed by atoms with van der Waals surface area (Å²) in [7, 11) is 0. The van der Waals surface area contributed by atoms with E-state index in [0.717, 1.165) is 24.1 Å². The van der Waals surface area contributed by atoms with Crippen molar-refractivity contribution in [2.45, 2.75) is 53.9 Å². The molecule has 0 spiro atoms. The van der Waals surface area contributed by atoms with Crippen molar-refractivity contribution >= 4 is 17.3 Å². The summed E-state index contributed by atoms with van der Waals surface area (Å²) in [6.45, 7) is 10.6. The van der Waals surface area contributed by atoms with E-state index in [2.05, 4.69) is 44.8 Å². The maximum Gasteiger partial charge on any atom is 0.116 e. The third-order valence-electron chi connectivity index (χ3n) is 4.33. The van der Waals surface area contributed by atoms with Gasteiger partial charge in [0, 0.05) is 11.4 Å². The topological polar surface area (TPSA) is 45.8 Å². The Labute approximate surface area is 127 Å². The van der Waals surface area contributed by atoms with Crippen molar-refractivity contribution in [3.05, 3.63) is 29.1 Å². The van der Waals surface area contributed by atoms with Gasteiger partial charge in [0.25, 0.3) is 0 Å². The van der Waals surface area contributed by atoms with Gasteiger partial charge in [-0.1, -0.05) is 20.8 Å². The smallest absolute Gasteiger partial charge is 0.116 e. The molecule has 3 rings (SSSR count). The van der Waals surface area contributed by atoms with Crippen LogP contribution in [0, 0.1) is 18.3 Å². The number of aromatic nitrogens is 2. The lowest BCUT2D eigenvalue weighted by Crippen LogP contribution is -2.27. The fraction of sp³-hybridized carbons (Fsp3) is 0.556. The first-order valence-corrected chi connectivity index (χ1v) is 7.73. The molecule has 2 aromatic heterocycles. The van der Waals surface area contributed by atoms with Crippen LogP contribution >= 0.6 is 0 Å². The SMILES string of the molecule is CC=O.Cc1cc2nc3c(cc2[nH]1)CC(C(C)(C)C)CC3. The Hall–Kier alpha value is -1.64. The molecule has 0 saturated carbocycles. The van der Waals surface area contributed by atoms with Gasteiger partial charge in [0.1, 0.15) is 6.29 Å². The lowest BCUT2D eigenvalue weighted by atomic mass is 9.71. The van der Waals surface area contributed by atoms with E-state index < -0.39 is 0 Å². The van der Waals surface area contributed by atoms with Gasteiger partial charge >= 0.3 is 0 Å². The number of aromatic amines is 1. The van der Waals surface area contributed by atoms with Crippen LogP contribution in [-0.2, 0) is 17.6 Å². The molecule has 0 amide bonds. The van der Waals surface area contributed by atoms with Crippen LogP contribution in [0.5, 0.6) is 0 Å². The lowest BCUT2D eigenvalue weighted by Gasteiger charge is -2.34. The van der Waals surface area contributed by atoms with Gasteiger partial charge in [-0.05, 0) is 62.1 Å². The van der Waals surface area contributed by atoms with Crippen molar-refractivity contribution in [1.29, 1.82) is 0 Å². The van der Waals surface area contributed by atoms with E-state index in [1.165, 1.54) is 42.2 Å². The van der Waals surface area contributed by atoms with Crippen LogP contribution in [0.2, 0.25) is 0 Å². The average molecular weight is 286 g/mol. The summed E-state index contributed by atoms with van der Waals surface area (Å²) >= 11 is 0. The first-order valence-electron chi connectivity index (χ1n) is 7.73. The number of hydrogen-bond acceptors (Lipinski definition) is 2. The minimum atomic E-state index is 0.401. The van der Waals surface area contributed by atoms with Crippen LogP contribution in [0.25, 0.3) is 11.0 Å². The van der Waals surface area contributed by atoms with E-state index >= 15 is 0 Å². The predicted molar refractivity (Wildman–Crippen MR) is 87.5 cm³/mol. The summed E-state index contributed by atoms with van der Waals surface area (Å²) in [5.74, 6) is 0.778. The zero-order chi connectivity index (χ0) is 15.6. The molecule has 0 fully saturated rings. The number of fused-ring (bicyclic) bond motifs is 2. The number of nitrogens with one attached hydrogen (secondary N) is 1. The molecule has 1 atom stereocenters. The van der Waals surface area contributed by atoms with Crippen molar-refractivity contribution in [2.75, 3.05) is 0 Å². The predicted octanol–water partition coefficient (Wildman–Crippen LogP) is 4.23. The van der Waals surface area contributed by atoms with Crippen molar-refractivity contribution < 1.29 is 4.79 Å². The number of carbonyl (C=O) groups is 1. The van der Waals surface area contributed by atoms with Gasteiger partial charge in [-0.3, -0.25) is 4.98 Å². The quantitative estimate of drug-likeness (QED) is 0.737. The normalized spacial score (nSPS) is 17.9. The third kappa shape index (κ3) is 3.52. The first-order chi connectivity index (χ1) is 9.85. The summed E-state index contributed by atoms with van der Waals surface area (Å²) in [5, 5.41) is 0. The molecule has 1 aliphatic rings. The Bertz CT molecular complexity index is 634. The molecule has 0 aromatic carbocycles. The number of aldehydes is 1. The summed E-state index contributed by atoms with van der Waals surface area (Å²) in [6, 6.07) is 4.47. The maximum atomic E-state index is 8.81. The highest BCUT2D eigenvalue weighted by molar-refractivity contribution is 5.77. The molecule has 0 radical (unpaired) electrons. The number of carbonyl (C=O) groups excluding carboxylic acids is 1. The standard InChI is InChI=1S/C16H22N2.C2H4O/c1-10-7-14-15(17-10)9-11-8-12(16(2,3)4)5-6-13(11)18-14;1-2-3/h7,9,12,17H,5-6,8H2,1-4H3;2H,1H3. The van der Waals surface area contributed by atoms with Crippen molar-refractivity contribution in [3.63, 3.8) is 0 Å². The number of H-pyrrole nitrogens is 1. The molecule has 1 aliphatic carbocycles. The molecular weight excluding hydrogens is 260 g/mol. The summed E-state index contributed by atoms with van der Waals surface area (Å²) in [4.78, 5) is 17.0. The molecule has 0 aliphatic heterocycles. The van der Waals surface area contributed by atoms with E-state index in [4.69, 9.17) is 9.78 Å². The number of pyridine rings is 1. The van der Waals surface area contributed by atoms with Gasteiger partial charge in [-0.25, -0.2) is 0 Å². The van der Waals surface area contributed by atoms with Gasteiger partial charge in [-0.2, -0.15) is 0 Å². The van der Waals surface area contributed by atoms with Crippen molar-refractivity contribution in [3.8, 4) is 0 Å². The van der Waals surface area contributed by atoms with E-state index in [1.54, 1.807) is 0 Å². The van der Waals surface area contributed by atoms with Crippen molar-refractivity contribution in [1.82, 2.24) is 9.97 Å². The fourth-order valence-electron chi connectivity index (χ4n) is 3.08. The van der Waals surface area contributed by atoms with Crippen LogP contribution in [-0.4, -0.2) is 16.3 Å². The summed E-state index contributed by atoms with van der Waals surface area (Å²) in [5.41, 5.74) is 6.70. The third-order valence-corrected chi connectivity index (χ3v) is 4.33. The van der Waals surface area contributed by atoms with Crippen LogP contribution in [0.15, 0.2) is 12.1 Å². The monoisotopic (exact) mass is 286 g/mol. The summed E-state index contributed by atoms with van der Waals surface area (Å²) < 4.78 is 0. The minimum Gasteiger partial charge on any atom is -0.357 e. The Morgan fingerprint density at radius 3 is 2.62 bits per heavy atom. The Morgan fingerprint density at radius 2 is 2.00 bits per heavy atom. The van der Waals surface area contributed by atoms with Crippen LogP contribution < -0.4 is 0 Å². The molecular formula is C18H26N2O. The Morgan fingerprint density at radius 1 is 1.33 bits per heavy atom. The summed E-state index contributed by atoms with van der Waals surface area (Å²) in [6.07, 6.45) is 4.34. The highest BCUT2D eigenvalue weighted by Crippen LogP contribution is 2.37. The second-order valence-corrected chi connectivity index (χ2v) is 7.02. The zero-order valence-corrected chi connectivity index (χ0v) is 13.8. The molecule has 1 unspecified atom stereocenters. The number of aryl methyl sites for hydroxylation is 2. The fourth-order valence-corrected chi connectivity index (χ4v) is 3.08. The molecule has 21 heavy (non-hydrogen) atoms. The molecule has 2 heterocycles. The molecule has 114 valence electrons. The Kier molecular flexibility index (Phi) is 4.50. The average Bonchev–Trinajstić information content (AvgIpc) is 2.74. The van der Waals surface area contributed by atoms with E-state index in [0.29, 0.717) is 5.41 Å². The van der Waals surface area contributed by atoms with Gasteiger partial charge in [0.05, 0.1) is 11.0 Å². The van der Waals surface area contributed by atoms with E-state index in [9.17, 15) is 0 Å². The molecule has 0 saturated heterocycles. The number of rotatable bonds is 0. The molecule has 1 N–H and O–H groups in total. The highest BCUT2D eigenvalue weighted by atomic mass is 16.1. The van der Waals surface area contributed by atoms with E-state index in [1.807, 2.05) is 0 Å². The number of hydrogen-bond donors (Lipinski definition) is 1.